The van der Waals surface area contributed by atoms with Crippen LogP contribution in [0, 0.1) is 0 Å². The monoisotopic (exact) mass is 401 g/mol. The highest BCUT2D eigenvalue weighted by Gasteiger charge is 2.07. The van der Waals surface area contributed by atoms with E-state index in [4.69, 9.17) is 17.3 Å². The Labute approximate surface area is 164 Å². The first-order valence-electron chi connectivity index (χ1n) is 7.98. The van der Waals surface area contributed by atoms with E-state index < -0.39 is 5.91 Å². The molecule has 4 N–H and O–H groups in total. The Kier molecular flexibility index (Phi) is 6.00. The van der Waals surface area contributed by atoms with Gasteiger partial charge in [0.25, 0.3) is 5.91 Å². The molecule has 7 nitrogen and oxygen atoms in total. The van der Waals surface area contributed by atoms with Crippen molar-refractivity contribution >= 4 is 34.9 Å². The number of hydrogen-bond acceptors (Lipinski definition) is 5. The van der Waals surface area contributed by atoms with Gasteiger partial charge in [-0.15, -0.1) is 11.3 Å². The molecule has 0 aliphatic carbocycles. The van der Waals surface area contributed by atoms with E-state index in [1.807, 2.05) is 24.3 Å². The third-order valence-corrected chi connectivity index (χ3v) is 4.90. The Hall–Kier alpha value is -2.97. The number of nitrogens with zero attached hydrogens (tertiary/aromatic N) is 2. The lowest BCUT2D eigenvalue weighted by Crippen LogP contribution is -2.34. The molecule has 0 unspecified atom stereocenters. The van der Waals surface area contributed by atoms with Crippen LogP contribution in [0.25, 0.3) is 10.6 Å². The summed E-state index contributed by atoms with van der Waals surface area (Å²) in [6, 6.07) is 10.3. The number of primary amides is 1. The average molecular weight is 402 g/mol. The van der Waals surface area contributed by atoms with Crippen molar-refractivity contribution in [1.82, 2.24) is 20.6 Å². The number of amides is 3. The summed E-state index contributed by atoms with van der Waals surface area (Å²) < 4.78 is 0. The van der Waals surface area contributed by atoms with Gasteiger partial charge in [-0.2, -0.15) is 0 Å². The molecule has 0 atom stereocenters. The summed E-state index contributed by atoms with van der Waals surface area (Å²) >= 11 is 7.39. The zero-order valence-corrected chi connectivity index (χ0v) is 15.7. The normalized spacial score (nSPS) is 10.4. The molecule has 3 rings (SSSR count). The minimum Gasteiger partial charge on any atom is -0.364 e. The Balaban J connectivity index is 1.48. The van der Waals surface area contributed by atoms with E-state index in [9.17, 15) is 9.59 Å². The van der Waals surface area contributed by atoms with Crippen molar-refractivity contribution in [3.05, 3.63) is 69.9 Å². The van der Waals surface area contributed by atoms with Crippen LogP contribution in [-0.4, -0.2) is 21.9 Å². The van der Waals surface area contributed by atoms with E-state index in [1.165, 1.54) is 23.6 Å². The van der Waals surface area contributed by atoms with E-state index in [-0.39, 0.29) is 18.3 Å². The van der Waals surface area contributed by atoms with E-state index in [0.29, 0.717) is 11.6 Å². The number of aromatic nitrogens is 2. The molecule has 0 aliphatic rings. The molecule has 0 saturated carbocycles. The van der Waals surface area contributed by atoms with Gasteiger partial charge in [-0.1, -0.05) is 29.8 Å². The second-order valence-electron chi connectivity index (χ2n) is 5.59. The van der Waals surface area contributed by atoms with Crippen LogP contribution < -0.4 is 16.4 Å². The van der Waals surface area contributed by atoms with E-state index >= 15 is 0 Å². The highest BCUT2D eigenvalue weighted by atomic mass is 35.5. The second kappa shape index (κ2) is 8.61. The highest BCUT2D eigenvalue weighted by molar-refractivity contribution is 7.15. The Bertz CT molecular complexity index is 941. The molecule has 0 bridgehead atoms. The predicted molar refractivity (Wildman–Crippen MR) is 104 cm³/mol. The average Bonchev–Trinajstić information content (AvgIpc) is 3.14. The van der Waals surface area contributed by atoms with Gasteiger partial charge >= 0.3 is 6.03 Å². The summed E-state index contributed by atoms with van der Waals surface area (Å²) in [6.07, 6.45) is 3.24. The number of urea groups is 1. The Morgan fingerprint density at radius 3 is 2.41 bits per heavy atom. The molecule has 2 heterocycles. The van der Waals surface area contributed by atoms with Gasteiger partial charge in [0, 0.05) is 34.4 Å². The smallest absolute Gasteiger partial charge is 0.315 e. The molecule has 2 aromatic heterocycles. The first-order chi connectivity index (χ1) is 13.0. The lowest BCUT2D eigenvalue weighted by Gasteiger charge is -2.06. The van der Waals surface area contributed by atoms with Gasteiger partial charge in [-0.3, -0.25) is 9.78 Å². The van der Waals surface area contributed by atoms with Crippen molar-refractivity contribution in [2.75, 3.05) is 0 Å². The molecule has 0 fully saturated rings. The Morgan fingerprint density at radius 1 is 1.00 bits per heavy atom. The van der Waals surface area contributed by atoms with E-state index in [1.54, 1.807) is 12.3 Å². The molecule has 0 radical (unpaired) electrons. The minimum atomic E-state index is -0.588. The van der Waals surface area contributed by atoms with Crippen molar-refractivity contribution < 1.29 is 9.59 Å². The largest absolute Gasteiger partial charge is 0.364 e. The lowest BCUT2D eigenvalue weighted by atomic mass is 10.2. The van der Waals surface area contributed by atoms with Crippen LogP contribution in [0.3, 0.4) is 0 Å². The fraction of sp³-hybridized carbons (Fsp3) is 0.111. The number of hydrogen-bond donors (Lipinski definition) is 3. The number of pyridine rings is 1. The van der Waals surface area contributed by atoms with Crippen LogP contribution in [0.5, 0.6) is 0 Å². The fourth-order valence-corrected chi connectivity index (χ4v) is 3.19. The summed E-state index contributed by atoms with van der Waals surface area (Å²) in [5.41, 5.74) is 7.06. The summed E-state index contributed by atoms with van der Waals surface area (Å²) in [4.78, 5) is 32.1. The first kappa shape index (κ1) is 18.8. The fourth-order valence-electron chi connectivity index (χ4n) is 2.20. The van der Waals surface area contributed by atoms with Gasteiger partial charge in [0.15, 0.2) is 0 Å². The summed E-state index contributed by atoms with van der Waals surface area (Å²) in [5, 5.41) is 7.04. The maximum atomic E-state index is 11.9. The van der Waals surface area contributed by atoms with Crippen LogP contribution in [-0.2, 0) is 13.1 Å². The number of halogens is 1. The van der Waals surface area contributed by atoms with Crippen LogP contribution in [0.1, 0.15) is 20.9 Å². The third kappa shape index (κ3) is 5.25. The third-order valence-electron chi connectivity index (χ3n) is 3.60. The maximum absolute atomic E-state index is 11.9. The van der Waals surface area contributed by atoms with Gasteiger partial charge in [-0.05, 0) is 23.8 Å². The second-order valence-corrected chi connectivity index (χ2v) is 7.14. The summed E-state index contributed by atoms with van der Waals surface area (Å²) in [5.74, 6) is -0.588. The van der Waals surface area contributed by atoms with Gasteiger partial charge in [0.1, 0.15) is 10.7 Å². The van der Waals surface area contributed by atoms with Crippen LogP contribution in [0.4, 0.5) is 4.79 Å². The molecule has 1 aromatic carbocycles. The van der Waals surface area contributed by atoms with Crippen LogP contribution >= 0.6 is 22.9 Å². The van der Waals surface area contributed by atoms with Crippen LogP contribution in [0.15, 0.2) is 48.8 Å². The van der Waals surface area contributed by atoms with Crippen LogP contribution in [0.2, 0.25) is 5.02 Å². The summed E-state index contributed by atoms with van der Waals surface area (Å²) in [7, 11) is 0. The number of benzene rings is 1. The molecule has 0 aliphatic heterocycles. The molecule has 3 aromatic rings. The lowest BCUT2D eigenvalue weighted by molar-refractivity contribution is 0.0995. The van der Waals surface area contributed by atoms with E-state index in [2.05, 4.69) is 20.6 Å². The maximum Gasteiger partial charge on any atom is 0.315 e. The van der Waals surface area contributed by atoms with Crippen molar-refractivity contribution in [1.29, 1.82) is 0 Å². The first-order valence-corrected chi connectivity index (χ1v) is 9.18. The molecule has 138 valence electrons. The number of thiazole rings is 1. The van der Waals surface area contributed by atoms with Crippen molar-refractivity contribution in [2.45, 2.75) is 13.1 Å². The quantitative estimate of drug-likeness (QED) is 0.589. The zero-order valence-electron chi connectivity index (χ0n) is 14.1. The van der Waals surface area contributed by atoms with Crippen molar-refractivity contribution in [2.24, 2.45) is 5.73 Å². The van der Waals surface area contributed by atoms with Gasteiger partial charge in [-0.25, -0.2) is 9.78 Å². The molecule has 3 amide bonds. The molecular formula is C18H16ClN5O2S. The number of carbonyl (C=O) groups is 2. The number of carbonyl (C=O) groups excluding carboxylic acids is 2. The van der Waals surface area contributed by atoms with Gasteiger partial charge in [0.2, 0.25) is 0 Å². The summed E-state index contributed by atoms with van der Waals surface area (Å²) in [6.45, 7) is 0.659. The minimum absolute atomic E-state index is 0.185. The zero-order chi connectivity index (χ0) is 19.2. The van der Waals surface area contributed by atoms with Gasteiger partial charge < -0.3 is 16.4 Å². The number of nitrogens with two attached hydrogens (primary N) is 1. The number of nitrogens with one attached hydrogen (secondary N) is 2. The molecule has 0 saturated heterocycles. The molecule has 9 heteroatoms. The standard InChI is InChI=1S/C18H16ClN5O2S/c19-13-4-2-12(3-5-13)17-22-9-14(27-17)10-24-18(26)23-8-11-1-6-15(16(20)25)21-7-11/h1-7,9H,8,10H2,(H2,20,25)(H2,23,24,26). The molecule has 0 spiro atoms. The van der Waals surface area contributed by atoms with Gasteiger partial charge in [0.05, 0.1) is 6.54 Å². The predicted octanol–water partition coefficient (Wildman–Crippen LogP) is 2.96. The topological polar surface area (TPSA) is 110 Å². The highest BCUT2D eigenvalue weighted by Crippen LogP contribution is 2.26. The molecular weight excluding hydrogens is 386 g/mol. The van der Waals surface area contributed by atoms with E-state index in [0.717, 1.165) is 21.0 Å². The van der Waals surface area contributed by atoms with Crippen molar-refractivity contribution in [3.63, 3.8) is 0 Å². The molecule has 27 heavy (non-hydrogen) atoms. The Morgan fingerprint density at radius 2 is 1.74 bits per heavy atom. The van der Waals surface area contributed by atoms with Crippen molar-refractivity contribution in [3.8, 4) is 10.6 Å². The number of rotatable bonds is 6. The SMILES string of the molecule is NC(=O)c1ccc(CNC(=O)NCc2cnc(-c3ccc(Cl)cc3)s2)cn1.